The number of anilines is 4. The van der Waals surface area contributed by atoms with Crippen LogP contribution in [0.5, 0.6) is 5.75 Å². The number of hydrogen-bond donors (Lipinski definition) is 3. The molecule has 5 aliphatic heterocycles. The zero-order valence-corrected chi connectivity index (χ0v) is 38.0. The molecule has 0 spiro atoms. The van der Waals surface area contributed by atoms with E-state index in [2.05, 4.69) is 35.6 Å². The SMILES string of the molecule is CNC(=O)COc1cc2cc(Nc3nc(N4CCC(OC5CC(N6C7CC[C@@H]6CN(c6ccc8c(c6F)CN([C@@H]6CCC(=O)NC6=O)C8=O)C7)C5)CC4)ncc3Cl)ccc2n(C(C)C)c1=O. The molecule has 3 N–H and O–H groups in total. The van der Waals surface area contributed by atoms with E-state index >= 15 is 4.39 Å². The molecular weight excluding hydrogens is 871 g/mol. The molecule has 66 heavy (non-hydrogen) atoms. The van der Waals surface area contributed by atoms with Gasteiger partial charge in [-0.25, -0.2) is 9.37 Å². The van der Waals surface area contributed by atoms with Crippen molar-refractivity contribution >= 4 is 69.3 Å². The fourth-order valence-corrected chi connectivity index (χ4v) is 11.0. The van der Waals surface area contributed by atoms with Gasteiger partial charge in [-0.3, -0.25) is 34.2 Å². The van der Waals surface area contributed by atoms with E-state index < -0.39 is 17.8 Å². The van der Waals surface area contributed by atoms with Gasteiger partial charge in [0.25, 0.3) is 17.4 Å². The number of fused-ring (bicyclic) bond motifs is 4. The van der Waals surface area contributed by atoms with Crippen molar-refractivity contribution in [2.45, 2.75) is 114 Å². The average molecular weight is 925 g/mol. The minimum Gasteiger partial charge on any atom is -0.478 e. The van der Waals surface area contributed by atoms with Gasteiger partial charge in [0.1, 0.15) is 11.1 Å². The van der Waals surface area contributed by atoms with Crippen LogP contribution in [0.1, 0.15) is 87.2 Å². The highest BCUT2D eigenvalue weighted by molar-refractivity contribution is 6.33. The van der Waals surface area contributed by atoms with Crippen LogP contribution in [0.25, 0.3) is 10.9 Å². The molecule has 0 radical (unpaired) electrons. The maximum atomic E-state index is 16.2. The number of nitrogens with zero attached hydrogens (tertiary/aromatic N) is 7. The highest BCUT2D eigenvalue weighted by Crippen LogP contribution is 2.43. The number of imide groups is 1. The topological polar surface area (TPSA) is 184 Å². The number of likely N-dealkylation sites (N-methyl/N-ethyl adjacent to an activating group) is 1. The van der Waals surface area contributed by atoms with Crippen molar-refractivity contribution in [2.75, 3.05) is 55.0 Å². The standard InChI is InChI=1S/C47H54ClFN10O7/c1-25(2)58-36-8-4-27(16-26(36)17-39(46(58)64)65-24-41(61)50-3)52-43-35(48)20-51-47(54-43)55-14-12-31(13-15-55)66-32-18-30(19-32)59-28-5-6-29(59)22-56(21-28)37-9-7-33-34(42(37)49)23-57(45(33)63)38-10-11-40(60)53-44(38)62/h4,7-9,16-17,20,25,28-32,38H,5-6,10-15,18-19,21-24H2,1-3H3,(H,50,61)(H,51,52,54)(H,53,60,62)/t28-,29?,30?,32?,38-/m1/s1. The molecular formula is C47H54ClFN10O7. The summed E-state index contributed by atoms with van der Waals surface area (Å²) < 4.78 is 30.2. The molecule has 19 heteroatoms. The predicted octanol–water partition coefficient (Wildman–Crippen LogP) is 4.66. The third kappa shape index (κ3) is 8.20. The summed E-state index contributed by atoms with van der Waals surface area (Å²) in [4.78, 5) is 80.3. The lowest BCUT2D eigenvalue weighted by molar-refractivity contribution is -0.137. The van der Waals surface area contributed by atoms with Crippen molar-refractivity contribution in [3.8, 4) is 5.75 Å². The second-order valence-corrected chi connectivity index (χ2v) is 19.0. The van der Waals surface area contributed by atoms with Crippen LogP contribution in [0.3, 0.4) is 0 Å². The van der Waals surface area contributed by atoms with Crippen molar-refractivity contribution in [1.82, 2.24) is 35.0 Å². The van der Waals surface area contributed by atoms with Gasteiger partial charge in [0.05, 0.1) is 36.2 Å². The molecule has 2 aromatic heterocycles. The first-order valence-corrected chi connectivity index (χ1v) is 23.4. The van der Waals surface area contributed by atoms with Gasteiger partial charge in [0, 0.05) is 86.0 Å². The first-order chi connectivity index (χ1) is 31.8. The Morgan fingerprint density at radius 3 is 2.42 bits per heavy atom. The van der Waals surface area contributed by atoms with Crippen LogP contribution in [0.4, 0.5) is 27.5 Å². The molecule has 7 heterocycles. The number of piperazine rings is 1. The number of amides is 4. The number of rotatable bonds is 12. The van der Waals surface area contributed by atoms with Crippen molar-refractivity contribution in [1.29, 1.82) is 0 Å². The van der Waals surface area contributed by atoms with E-state index in [0.29, 0.717) is 64.9 Å². The number of carbonyl (C=O) groups is 4. The largest absolute Gasteiger partial charge is 0.478 e. The first kappa shape index (κ1) is 44.0. The first-order valence-electron chi connectivity index (χ1n) is 23.0. The Bertz CT molecular complexity index is 2650. The van der Waals surface area contributed by atoms with Crippen molar-refractivity contribution in [3.63, 3.8) is 0 Å². The molecule has 1 unspecified atom stereocenters. The quantitative estimate of drug-likeness (QED) is 0.167. The highest BCUT2D eigenvalue weighted by Gasteiger charge is 2.49. The van der Waals surface area contributed by atoms with Crippen LogP contribution in [-0.4, -0.2) is 124 Å². The lowest BCUT2D eigenvalue weighted by Gasteiger charge is -2.51. The molecule has 6 aliphatic rings. The van der Waals surface area contributed by atoms with Crippen LogP contribution in [-0.2, 0) is 25.7 Å². The summed E-state index contributed by atoms with van der Waals surface area (Å²) in [5.74, 6) is -0.850. The number of aromatic nitrogens is 3. The molecule has 1 saturated carbocycles. The van der Waals surface area contributed by atoms with E-state index in [4.69, 9.17) is 26.1 Å². The molecule has 4 saturated heterocycles. The van der Waals surface area contributed by atoms with Gasteiger partial charge in [-0.1, -0.05) is 11.6 Å². The number of halogens is 2. The zero-order valence-electron chi connectivity index (χ0n) is 37.2. The fraction of sp³-hybridized carbons (Fsp3) is 0.511. The lowest BCUT2D eigenvalue weighted by atomic mass is 9.85. The van der Waals surface area contributed by atoms with Crippen LogP contribution < -0.4 is 36.0 Å². The van der Waals surface area contributed by atoms with Gasteiger partial charge in [-0.15, -0.1) is 0 Å². The summed E-state index contributed by atoms with van der Waals surface area (Å²) in [6.07, 6.45) is 8.07. The Balaban J connectivity index is 0.718. The van der Waals surface area contributed by atoms with Gasteiger partial charge in [-0.05, 0) is 95.2 Å². The predicted molar refractivity (Wildman–Crippen MR) is 245 cm³/mol. The van der Waals surface area contributed by atoms with E-state index in [1.807, 2.05) is 32.0 Å². The molecule has 348 valence electrons. The van der Waals surface area contributed by atoms with Gasteiger partial charge in [0.2, 0.25) is 17.8 Å². The Morgan fingerprint density at radius 1 is 0.955 bits per heavy atom. The van der Waals surface area contributed by atoms with E-state index in [9.17, 15) is 24.0 Å². The molecule has 2 aromatic carbocycles. The van der Waals surface area contributed by atoms with Crippen molar-refractivity contribution < 1.29 is 33.0 Å². The molecule has 4 aromatic rings. The maximum absolute atomic E-state index is 16.2. The number of carbonyl (C=O) groups excluding carboxylic acids is 4. The van der Waals surface area contributed by atoms with Gasteiger partial charge < -0.3 is 39.4 Å². The van der Waals surface area contributed by atoms with Gasteiger partial charge in [0.15, 0.2) is 24.0 Å². The summed E-state index contributed by atoms with van der Waals surface area (Å²) in [6, 6.07) is 10.8. The van der Waals surface area contributed by atoms with Gasteiger partial charge in [-0.2, -0.15) is 4.98 Å². The summed E-state index contributed by atoms with van der Waals surface area (Å²) in [6.45, 7) is 6.47. The second kappa shape index (κ2) is 17.8. The minimum atomic E-state index is -0.782. The van der Waals surface area contributed by atoms with E-state index in [0.717, 1.165) is 62.5 Å². The number of benzene rings is 2. The van der Waals surface area contributed by atoms with Crippen LogP contribution >= 0.6 is 11.6 Å². The molecule has 17 nitrogen and oxygen atoms in total. The summed E-state index contributed by atoms with van der Waals surface area (Å²) in [7, 11) is 1.51. The summed E-state index contributed by atoms with van der Waals surface area (Å²) >= 11 is 6.61. The normalized spacial score (nSPS) is 24.5. The molecule has 10 rings (SSSR count). The Hall–Kier alpha value is -5.85. The fourth-order valence-electron chi connectivity index (χ4n) is 10.9. The zero-order chi connectivity index (χ0) is 46.0. The van der Waals surface area contributed by atoms with Crippen LogP contribution in [0.2, 0.25) is 5.02 Å². The Labute approximate surface area is 385 Å². The Kier molecular flexibility index (Phi) is 11.8. The monoisotopic (exact) mass is 924 g/mol. The van der Waals surface area contributed by atoms with Gasteiger partial charge >= 0.3 is 0 Å². The third-order valence-electron chi connectivity index (χ3n) is 14.3. The number of hydrogen-bond acceptors (Lipinski definition) is 13. The number of piperidine rings is 2. The summed E-state index contributed by atoms with van der Waals surface area (Å²) in [5.41, 5.74) is 2.24. The molecule has 3 atom stereocenters. The second-order valence-electron chi connectivity index (χ2n) is 18.6. The van der Waals surface area contributed by atoms with Crippen LogP contribution in [0, 0.1) is 5.82 Å². The number of pyridine rings is 1. The van der Waals surface area contributed by atoms with Crippen LogP contribution in [0.15, 0.2) is 47.4 Å². The molecule has 4 amide bonds. The van der Waals surface area contributed by atoms with E-state index in [-0.39, 0.29) is 78.8 Å². The van der Waals surface area contributed by atoms with Crippen molar-refractivity contribution in [3.05, 3.63) is 74.9 Å². The Morgan fingerprint density at radius 2 is 1.71 bits per heavy atom. The average Bonchev–Trinajstić information content (AvgIpc) is 3.75. The lowest BCUT2D eigenvalue weighted by Crippen LogP contribution is -2.61. The van der Waals surface area contributed by atoms with E-state index in [1.54, 1.807) is 29.0 Å². The maximum Gasteiger partial charge on any atom is 0.293 e. The smallest absolute Gasteiger partial charge is 0.293 e. The summed E-state index contributed by atoms with van der Waals surface area (Å²) in [5, 5.41) is 9.25. The minimum absolute atomic E-state index is 0.0181. The third-order valence-corrected chi connectivity index (χ3v) is 14.5. The van der Waals surface area contributed by atoms with E-state index in [1.165, 1.54) is 11.9 Å². The molecule has 5 fully saturated rings. The van der Waals surface area contributed by atoms with Crippen molar-refractivity contribution in [2.24, 2.45) is 0 Å². The molecule has 1 aliphatic carbocycles. The number of nitrogens with one attached hydrogen (secondary N) is 3. The molecule has 2 bridgehead atoms. The number of ether oxygens (including phenoxy) is 2. The highest BCUT2D eigenvalue weighted by atomic mass is 35.5.